The maximum Gasteiger partial charge on any atom is 0.319 e. The fourth-order valence-corrected chi connectivity index (χ4v) is 2.12. The molecule has 0 radical (unpaired) electrons. The Hall–Kier alpha value is -1.07. The van der Waals surface area contributed by atoms with Gasteiger partial charge in [-0.05, 0) is 12.8 Å². The molecular formula is C11H16ClN3O2. The van der Waals surface area contributed by atoms with Crippen LogP contribution in [-0.2, 0) is 0 Å². The number of rotatable bonds is 4. The summed E-state index contributed by atoms with van der Waals surface area (Å²) in [4.78, 5) is 7.92. The van der Waals surface area contributed by atoms with Crippen molar-refractivity contribution in [2.45, 2.75) is 31.2 Å². The van der Waals surface area contributed by atoms with Crippen molar-refractivity contribution in [1.29, 1.82) is 0 Å². The number of halogens is 1. The molecule has 0 amide bonds. The van der Waals surface area contributed by atoms with Crippen LogP contribution < -0.4 is 15.2 Å². The average molecular weight is 258 g/mol. The van der Waals surface area contributed by atoms with E-state index in [-0.39, 0.29) is 11.5 Å². The molecule has 1 heterocycles. The zero-order valence-corrected chi connectivity index (χ0v) is 10.5. The first-order chi connectivity index (χ1) is 8.13. The number of hydrogen-bond donors (Lipinski definition) is 1. The van der Waals surface area contributed by atoms with Crippen LogP contribution >= 0.6 is 11.6 Å². The van der Waals surface area contributed by atoms with Gasteiger partial charge in [0.25, 0.3) is 0 Å². The smallest absolute Gasteiger partial charge is 0.319 e. The van der Waals surface area contributed by atoms with Gasteiger partial charge < -0.3 is 15.2 Å². The predicted molar refractivity (Wildman–Crippen MR) is 64.5 cm³/mol. The van der Waals surface area contributed by atoms with Crippen LogP contribution in [0.4, 0.5) is 0 Å². The summed E-state index contributed by atoms with van der Waals surface area (Å²) in [6.45, 7) is 0.423. The molecule has 0 saturated heterocycles. The predicted octanol–water partition coefficient (Wildman–Crippen LogP) is 1.79. The van der Waals surface area contributed by atoms with Crippen molar-refractivity contribution in [3.63, 3.8) is 0 Å². The highest BCUT2D eigenvalue weighted by Crippen LogP contribution is 2.29. The van der Waals surface area contributed by atoms with Crippen LogP contribution in [0.1, 0.15) is 25.7 Å². The first-order valence-electron chi connectivity index (χ1n) is 5.61. The van der Waals surface area contributed by atoms with Gasteiger partial charge in [0.15, 0.2) is 0 Å². The summed E-state index contributed by atoms with van der Waals surface area (Å²) >= 11 is 5.94. The minimum Gasteiger partial charge on any atom is -0.474 e. The molecule has 1 aromatic heterocycles. The van der Waals surface area contributed by atoms with Crippen LogP contribution in [0.15, 0.2) is 6.20 Å². The molecule has 0 atom stereocenters. The number of nitrogens with two attached hydrogens (primary N) is 1. The highest BCUT2D eigenvalue weighted by Gasteiger charge is 2.30. The summed E-state index contributed by atoms with van der Waals surface area (Å²) in [5, 5.41) is 0.368. The Kier molecular flexibility index (Phi) is 3.69. The SMILES string of the molecule is COc1ncc(Cl)c(OCC2(N)CCCC2)n1. The molecule has 0 aliphatic heterocycles. The van der Waals surface area contributed by atoms with Crippen molar-refractivity contribution in [3.05, 3.63) is 11.2 Å². The summed E-state index contributed by atoms with van der Waals surface area (Å²) in [5.74, 6) is 0.329. The zero-order chi connectivity index (χ0) is 12.3. The first kappa shape index (κ1) is 12.4. The van der Waals surface area contributed by atoms with E-state index in [1.165, 1.54) is 13.3 Å². The zero-order valence-electron chi connectivity index (χ0n) is 9.78. The quantitative estimate of drug-likeness (QED) is 0.891. The lowest BCUT2D eigenvalue weighted by Crippen LogP contribution is -2.42. The Labute approximate surface area is 105 Å². The van der Waals surface area contributed by atoms with Crippen LogP contribution in [0.25, 0.3) is 0 Å². The van der Waals surface area contributed by atoms with E-state index >= 15 is 0 Å². The first-order valence-corrected chi connectivity index (χ1v) is 5.99. The molecule has 0 spiro atoms. The Morgan fingerprint density at radius 1 is 1.47 bits per heavy atom. The van der Waals surface area contributed by atoms with Gasteiger partial charge in [-0.1, -0.05) is 24.4 Å². The van der Waals surface area contributed by atoms with Gasteiger partial charge in [-0.15, -0.1) is 0 Å². The molecule has 0 unspecified atom stereocenters. The van der Waals surface area contributed by atoms with Crippen molar-refractivity contribution in [1.82, 2.24) is 9.97 Å². The molecule has 2 N–H and O–H groups in total. The van der Waals surface area contributed by atoms with E-state index in [0.717, 1.165) is 25.7 Å². The van der Waals surface area contributed by atoms with E-state index in [1.54, 1.807) is 0 Å². The highest BCUT2D eigenvalue weighted by molar-refractivity contribution is 6.31. The van der Waals surface area contributed by atoms with Gasteiger partial charge >= 0.3 is 6.01 Å². The summed E-state index contributed by atoms with van der Waals surface area (Å²) in [6.07, 6.45) is 5.72. The third kappa shape index (κ3) is 2.98. The number of hydrogen-bond acceptors (Lipinski definition) is 5. The average Bonchev–Trinajstić information content (AvgIpc) is 2.76. The number of ether oxygens (including phenoxy) is 2. The Morgan fingerprint density at radius 3 is 2.82 bits per heavy atom. The fraction of sp³-hybridized carbons (Fsp3) is 0.636. The lowest BCUT2D eigenvalue weighted by atomic mass is 10.0. The van der Waals surface area contributed by atoms with E-state index in [0.29, 0.717) is 17.5 Å². The van der Waals surface area contributed by atoms with Crippen molar-refractivity contribution in [2.24, 2.45) is 5.73 Å². The van der Waals surface area contributed by atoms with Crippen molar-refractivity contribution >= 4 is 11.6 Å². The maximum atomic E-state index is 6.18. The number of aromatic nitrogens is 2. The van der Waals surface area contributed by atoms with Crippen LogP contribution in [-0.4, -0.2) is 29.2 Å². The molecule has 6 heteroatoms. The Morgan fingerprint density at radius 2 is 2.18 bits per heavy atom. The highest BCUT2D eigenvalue weighted by atomic mass is 35.5. The molecule has 1 fully saturated rings. The lowest BCUT2D eigenvalue weighted by molar-refractivity contribution is 0.210. The summed E-state index contributed by atoms with van der Waals surface area (Å²) in [5.41, 5.74) is 5.94. The summed E-state index contributed by atoms with van der Waals surface area (Å²) in [7, 11) is 1.49. The topological polar surface area (TPSA) is 70.3 Å². The van der Waals surface area contributed by atoms with E-state index in [9.17, 15) is 0 Å². The Bertz CT molecular complexity index is 394. The number of methoxy groups -OCH3 is 1. The van der Waals surface area contributed by atoms with E-state index in [2.05, 4.69) is 9.97 Å². The second kappa shape index (κ2) is 5.06. The molecule has 1 saturated carbocycles. The van der Waals surface area contributed by atoms with Gasteiger partial charge in [0.05, 0.1) is 18.8 Å². The fourth-order valence-electron chi connectivity index (χ4n) is 1.97. The standard InChI is InChI=1S/C11H16ClN3O2/c1-16-10-14-6-8(12)9(15-10)17-7-11(13)4-2-3-5-11/h6H,2-5,7,13H2,1H3. The van der Waals surface area contributed by atoms with Gasteiger partial charge in [0.2, 0.25) is 5.88 Å². The van der Waals surface area contributed by atoms with E-state index in [1.807, 2.05) is 0 Å². The van der Waals surface area contributed by atoms with Crippen LogP contribution in [0.3, 0.4) is 0 Å². The largest absolute Gasteiger partial charge is 0.474 e. The normalized spacial score (nSPS) is 18.1. The molecule has 0 aromatic carbocycles. The maximum absolute atomic E-state index is 6.18. The van der Waals surface area contributed by atoms with Crippen LogP contribution in [0.5, 0.6) is 11.9 Å². The molecular weight excluding hydrogens is 242 g/mol. The molecule has 1 aliphatic carbocycles. The second-order valence-corrected chi connectivity index (χ2v) is 4.78. The second-order valence-electron chi connectivity index (χ2n) is 4.37. The monoisotopic (exact) mass is 257 g/mol. The molecule has 2 rings (SSSR count). The van der Waals surface area contributed by atoms with Gasteiger partial charge in [0, 0.05) is 0 Å². The van der Waals surface area contributed by atoms with E-state index < -0.39 is 0 Å². The third-order valence-corrected chi connectivity index (χ3v) is 3.23. The third-order valence-electron chi connectivity index (χ3n) is 2.97. The van der Waals surface area contributed by atoms with Gasteiger partial charge in [-0.25, -0.2) is 4.98 Å². The summed E-state index contributed by atoms with van der Waals surface area (Å²) in [6, 6.07) is 0.238. The van der Waals surface area contributed by atoms with E-state index in [4.69, 9.17) is 26.8 Å². The van der Waals surface area contributed by atoms with Crippen molar-refractivity contribution in [2.75, 3.05) is 13.7 Å². The number of nitrogens with zero attached hydrogens (tertiary/aromatic N) is 2. The minimum absolute atomic E-state index is 0.238. The van der Waals surface area contributed by atoms with Gasteiger partial charge in [-0.3, -0.25) is 0 Å². The van der Waals surface area contributed by atoms with Gasteiger partial charge in [-0.2, -0.15) is 4.98 Å². The Balaban J connectivity index is 2.02. The van der Waals surface area contributed by atoms with Gasteiger partial charge in [0.1, 0.15) is 11.6 Å². The lowest BCUT2D eigenvalue weighted by Gasteiger charge is -2.23. The van der Waals surface area contributed by atoms with Crippen LogP contribution in [0.2, 0.25) is 5.02 Å². The van der Waals surface area contributed by atoms with Crippen LogP contribution in [0, 0.1) is 0 Å². The molecule has 17 heavy (non-hydrogen) atoms. The minimum atomic E-state index is -0.248. The molecule has 0 bridgehead atoms. The molecule has 1 aliphatic rings. The molecule has 5 nitrogen and oxygen atoms in total. The van der Waals surface area contributed by atoms with Crippen molar-refractivity contribution < 1.29 is 9.47 Å². The van der Waals surface area contributed by atoms with Crippen molar-refractivity contribution in [3.8, 4) is 11.9 Å². The molecule has 1 aromatic rings. The summed E-state index contributed by atoms with van der Waals surface area (Å²) < 4.78 is 10.5. The molecule has 94 valence electrons.